The zero-order valence-electron chi connectivity index (χ0n) is 18.4. The molecule has 0 radical (unpaired) electrons. The third kappa shape index (κ3) is 7.66. The fraction of sp³-hybridized carbons (Fsp3) is 0.391. The van der Waals surface area contributed by atoms with E-state index in [1.807, 2.05) is 43.3 Å². The molecule has 1 saturated heterocycles. The van der Waals surface area contributed by atoms with Crippen molar-refractivity contribution in [2.75, 3.05) is 57.9 Å². The lowest BCUT2D eigenvalue weighted by molar-refractivity contribution is -0.159. The summed E-state index contributed by atoms with van der Waals surface area (Å²) >= 11 is 0. The summed E-state index contributed by atoms with van der Waals surface area (Å²) in [5.41, 5.74) is 1.18. The molecule has 32 heavy (non-hydrogen) atoms. The third-order valence-corrected chi connectivity index (χ3v) is 4.80. The van der Waals surface area contributed by atoms with Crippen LogP contribution in [0.25, 0.3) is 0 Å². The number of piperazine rings is 1. The first-order chi connectivity index (χ1) is 15.5. The number of carboxylic acid groups (broad SMARTS) is 2. The van der Waals surface area contributed by atoms with Crippen molar-refractivity contribution in [1.29, 1.82) is 0 Å². The fourth-order valence-corrected chi connectivity index (χ4v) is 3.23. The van der Waals surface area contributed by atoms with E-state index < -0.39 is 11.9 Å². The van der Waals surface area contributed by atoms with Gasteiger partial charge in [0.05, 0.1) is 19.4 Å². The van der Waals surface area contributed by atoms with Gasteiger partial charge < -0.3 is 29.3 Å². The standard InChI is InChI=1S/C21H28N2O3.C2H2O4/c1-3-25-20-10-6-7-11-21(20)26-17-16-22-12-14-23(15-13-22)18-8-4-5-9-19(18)24-2;3-1(4)2(5)6/h4-11H,3,12-17H2,1-2H3;(H,3,4)(H,5,6). The molecule has 1 aliphatic heterocycles. The van der Waals surface area contributed by atoms with Crippen LogP contribution in [0.5, 0.6) is 17.2 Å². The van der Waals surface area contributed by atoms with Crippen LogP contribution in [0.2, 0.25) is 0 Å². The Morgan fingerprint density at radius 3 is 1.91 bits per heavy atom. The minimum Gasteiger partial charge on any atom is -0.495 e. The van der Waals surface area contributed by atoms with Gasteiger partial charge in [0.1, 0.15) is 12.4 Å². The third-order valence-electron chi connectivity index (χ3n) is 4.80. The Morgan fingerprint density at radius 2 is 1.38 bits per heavy atom. The van der Waals surface area contributed by atoms with Gasteiger partial charge in [-0.25, -0.2) is 9.59 Å². The summed E-state index contributed by atoms with van der Waals surface area (Å²) in [5, 5.41) is 14.8. The maximum Gasteiger partial charge on any atom is 0.414 e. The summed E-state index contributed by atoms with van der Waals surface area (Å²) in [5.74, 6) is -1.07. The molecule has 9 nitrogen and oxygen atoms in total. The smallest absolute Gasteiger partial charge is 0.414 e. The maximum absolute atomic E-state index is 9.10. The first-order valence-electron chi connectivity index (χ1n) is 10.4. The van der Waals surface area contributed by atoms with Gasteiger partial charge in [-0.1, -0.05) is 24.3 Å². The monoisotopic (exact) mass is 446 g/mol. The highest BCUT2D eigenvalue weighted by atomic mass is 16.5. The van der Waals surface area contributed by atoms with Crippen LogP contribution in [0.3, 0.4) is 0 Å². The van der Waals surface area contributed by atoms with Crippen molar-refractivity contribution < 1.29 is 34.0 Å². The predicted octanol–water partition coefficient (Wildman–Crippen LogP) is 2.45. The van der Waals surface area contributed by atoms with Crippen LogP contribution in [0, 0.1) is 0 Å². The molecule has 0 atom stereocenters. The van der Waals surface area contributed by atoms with Crippen molar-refractivity contribution in [2.45, 2.75) is 6.92 Å². The Labute approximate surface area is 187 Å². The maximum atomic E-state index is 9.10. The molecule has 2 aromatic rings. The minimum absolute atomic E-state index is 0.644. The molecular weight excluding hydrogens is 416 g/mol. The van der Waals surface area contributed by atoms with Crippen LogP contribution in [-0.4, -0.2) is 80.1 Å². The molecule has 2 aromatic carbocycles. The van der Waals surface area contributed by atoms with Gasteiger partial charge in [-0.2, -0.15) is 0 Å². The van der Waals surface area contributed by atoms with E-state index >= 15 is 0 Å². The number of anilines is 1. The van der Waals surface area contributed by atoms with Gasteiger partial charge in [0.2, 0.25) is 0 Å². The summed E-state index contributed by atoms with van der Waals surface area (Å²) < 4.78 is 17.0. The quantitative estimate of drug-likeness (QED) is 0.591. The van der Waals surface area contributed by atoms with Gasteiger partial charge in [-0.3, -0.25) is 4.90 Å². The highest BCUT2D eigenvalue weighted by Crippen LogP contribution is 2.28. The van der Waals surface area contributed by atoms with Crippen molar-refractivity contribution in [2.24, 2.45) is 0 Å². The lowest BCUT2D eigenvalue weighted by atomic mass is 10.2. The summed E-state index contributed by atoms with van der Waals surface area (Å²) in [6, 6.07) is 16.1. The van der Waals surface area contributed by atoms with E-state index in [1.54, 1.807) is 7.11 Å². The summed E-state index contributed by atoms with van der Waals surface area (Å²) in [6.07, 6.45) is 0. The molecule has 0 spiro atoms. The van der Waals surface area contributed by atoms with E-state index in [2.05, 4.69) is 21.9 Å². The largest absolute Gasteiger partial charge is 0.495 e. The van der Waals surface area contributed by atoms with E-state index in [-0.39, 0.29) is 0 Å². The molecule has 3 rings (SSSR count). The second-order valence-electron chi connectivity index (χ2n) is 6.84. The van der Waals surface area contributed by atoms with Crippen LogP contribution in [-0.2, 0) is 9.59 Å². The van der Waals surface area contributed by atoms with Crippen molar-refractivity contribution in [3.05, 3.63) is 48.5 Å². The van der Waals surface area contributed by atoms with Gasteiger partial charge in [0.15, 0.2) is 11.5 Å². The van der Waals surface area contributed by atoms with Gasteiger partial charge in [-0.05, 0) is 31.2 Å². The Bertz CT molecular complexity index is 855. The molecule has 0 aliphatic carbocycles. The van der Waals surface area contributed by atoms with Crippen LogP contribution < -0.4 is 19.1 Å². The van der Waals surface area contributed by atoms with Crippen molar-refractivity contribution in [3.63, 3.8) is 0 Å². The number of carbonyl (C=O) groups is 2. The molecule has 0 amide bonds. The van der Waals surface area contributed by atoms with E-state index in [9.17, 15) is 0 Å². The molecule has 1 fully saturated rings. The van der Waals surface area contributed by atoms with E-state index in [0.717, 1.165) is 50.0 Å². The number of benzene rings is 2. The Hall–Kier alpha value is -3.46. The molecule has 0 saturated carbocycles. The van der Waals surface area contributed by atoms with Crippen LogP contribution in [0.4, 0.5) is 5.69 Å². The normalized spacial score (nSPS) is 13.5. The van der Waals surface area contributed by atoms with Crippen molar-refractivity contribution in [3.8, 4) is 17.2 Å². The summed E-state index contributed by atoms with van der Waals surface area (Å²) in [6.45, 7) is 8.25. The minimum atomic E-state index is -1.82. The molecular formula is C23H30N2O7. The van der Waals surface area contributed by atoms with Gasteiger partial charge in [-0.15, -0.1) is 0 Å². The predicted molar refractivity (Wildman–Crippen MR) is 120 cm³/mol. The van der Waals surface area contributed by atoms with Gasteiger partial charge in [0, 0.05) is 32.7 Å². The van der Waals surface area contributed by atoms with Gasteiger partial charge >= 0.3 is 11.9 Å². The van der Waals surface area contributed by atoms with E-state index in [0.29, 0.717) is 13.2 Å². The van der Waals surface area contributed by atoms with E-state index in [4.69, 9.17) is 34.0 Å². The van der Waals surface area contributed by atoms with Crippen LogP contribution >= 0.6 is 0 Å². The lowest BCUT2D eigenvalue weighted by Gasteiger charge is -2.36. The number of nitrogens with zero attached hydrogens (tertiary/aromatic N) is 2. The van der Waals surface area contributed by atoms with Gasteiger partial charge in [0.25, 0.3) is 0 Å². The number of hydrogen-bond acceptors (Lipinski definition) is 7. The molecule has 0 bridgehead atoms. The number of methoxy groups -OCH3 is 1. The van der Waals surface area contributed by atoms with Crippen LogP contribution in [0.1, 0.15) is 6.92 Å². The summed E-state index contributed by atoms with van der Waals surface area (Å²) in [4.78, 5) is 23.0. The highest BCUT2D eigenvalue weighted by Gasteiger charge is 2.19. The zero-order valence-corrected chi connectivity index (χ0v) is 18.4. The fourth-order valence-electron chi connectivity index (χ4n) is 3.23. The average Bonchev–Trinajstić information content (AvgIpc) is 2.81. The lowest BCUT2D eigenvalue weighted by Crippen LogP contribution is -2.47. The Morgan fingerprint density at radius 1 is 0.844 bits per heavy atom. The Kier molecular flexibility index (Phi) is 10.1. The SMILES string of the molecule is CCOc1ccccc1OCCN1CCN(c2ccccc2OC)CC1.O=C(O)C(=O)O. The number of hydrogen-bond donors (Lipinski definition) is 2. The average molecular weight is 447 g/mol. The van der Waals surface area contributed by atoms with Crippen molar-refractivity contribution in [1.82, 2.24) is 4.90 Å². The molecule has 9 heteroatoms. The Balaban J connectivity index is 0.000000534. The zero-order chi connectivity index (χ0) is 23.3. The van der Waals surface area contributed by atoms with Crippen LogP contribution in [0.15, 0.2) is 48.5 Å². The highest BCUT2D eigenvalue weighted by molar-refractivity contribution is 6.27. The molecule has 0 unspecified atom stereocenters. The number of ether oxygens (including phenoxy) is 3. The first-order valence-corrected chi connectivity index (χ1v) is 10.4. The molecule has 0 aromatic heterocycles. The second-order valence-corrected chi connectivity index (χ2v) is 6.84. The number of aliphatic carboxylic acids is 2. The number of rotatable bonds is 8. The molecule has 1 heterocycles. The number of para-hydroxylation sites is 4. The first kappa shape index (κ1) is 24.8. The van der Waals surface area contributed by atoms with E-state index in [1.165, 1.54) is 5.69 Å². The summed E-state index contributed by atoms with van der Waals surface area (Å²) in [7, 11) is 1.73. The molecule has 1 aliphatic rings. The van der Waals surface area contributed by atoms with Crippen molar-refractivity contribution >= 4 is 17.6 Å². The molecule has 2 N–H and O–H groups in total. The second kappa shape index (κ2) is 13.1. The topological polar surface area (TPSA) is 109 Å². The molecule has 174 valence electrons. The number of carboxylic acids is 2.